The molecule has 0 aliphatic carbocycles. The molecule has 104 valence electrons. The van der Waals surface area contributed by atoms with Crippen LogP contribution in [0.1, 0.15) is 17.3 Å². The number of pyridine rings is 1. The Morgan fingerprint density at radius 3 is 3.00 bits per heavy atom. The van der Waals surface area contributed by atoms with Crippen LogP contribution in [0.5, 0.6) is 0 Å². The Kier molecular flexibility index (Phi) is 4.85. The topological polar surface area (TPSA) is 51.2 Å². The number of carbonyl (C=O) groups excluding carboxylic acids is 1. The fraction of sp³-hybridized carbons (Fsp3) is 0.250. The second kappa shape index (κ2) is 6.82. The fourth-order valence-corrected chi connectivity index (χ4v) is 1.88. The lowest BCUT2D eigenvalue weighted by Crippen LogP contribution is -2.27. The minimum Gasteiger partial charge on any atom is -0.375 e. The van der Waals surface area contributed by atoms with Gasteiger partial charge in [0.2, 0.25) is 0 Å². The van der Waals surface area contributed by atoms with Crippen LogP contribution < -0.4 is 5.32 Å². The molecule has 4 heteroatoms. The van der Waals surface area contributed by atoms with E-state index >= 15 is 0 Å². The van der Waals surface area contributed by atoms with E-state index < -0.39 is 0 Å². The van der Waals surface area contributed by atoms with Gasteiger partial charge in [0, 0.05) is 23.7 Å². The van der Waals surface area contributed by atoms with Gasteiger partial charge < -0.3 is 10.1 Å². The molecule has 0 saturated carbocycles. The molecule has 0 radical (unpaired) electrons. The van der Waals surface area contributed by atoms with Crippen LogP contribution in [0.2, 0.25) is 0 Å². The van der Waals surface area contributed by atoms with Crippen LogP contribution in [0.15, 0.2) is 48.7 Å². The highest BCUT2D eigenvalue weighted by Gasteiger charge is 2.09. The van der Waals surface area contributed by atoms with Crippen molar-refractivity contribution in [2.24, 2.45) is 0 Å². The number of amides is 1. The third-order valence-corrected chi connectivity index (χ3v) is 2.77. The molecule has 0 aliphatic heterocycles. The van der Waals surface area contributed by atoms with Gasteiger partial charge >= 0.3 is 0 Å². The van der Waals surface area contributed by atoms with Crippen LogP contribution in [-0.2, 0) is 4.74 Å². The second-order valence-corrected chi connectivity index (χ2v) is 4.64. The monoisotopic (exact) mass is 270 g/mol. The first-order chi connectivity index (χ1) is 9.68. The number of fused-ring (bicyclic) bond motifs is 1. The van der Waals surface area contributed by atoms with E-state index in [2.05, 4.69) is 16.9 Å². The van der Waals surface area contributed by atoms with Crippen molar-refractivity contribution in [1.29, 1.82) is 0 Å². The number of nitrogens with zero attached hydrogens (tertiary/aromatic N) is 1. The molecule has 0 bridgehead atoms. The highest BCUT2D eigenvalue weighted by molar-refractivity contribution is 6.06. The van der Waals surface area contributed by atoms with Crippen molar-refractivity contribution in [3.8, 4) is 0 Å². The van der Waals surface area contributed by atoms with Crippen LogP contribution in [0.25, 0.3) is 10.9 Å². The van der Waals surface area contributed by atoms with Gasteiger partial charge in [-0.25, -0.2) is 0 Å². The van der Waals surface area contributed by atoms with Gasteiger partial charge in [0.1, 0.15) is 0 Å². The van der Waals surface area contributed by atoms with E-state index in [1.54, 1.807) is 12.3 Å². The molecule has 0 saturated heterocycles. The maximum Gasteiger partial charge on any atom is 0.252 e. The summed E-state index contributed by atoms with van der Waals surface area (Å²) in [6.45, 7) is 7.13. The Bertz CT molecular complexity index is 617. The van der Waals surface area contributed by atoms with Crippen molar-refractivity contribution < 1.29 is 9.53 Å². The van der Waals surface area contributed by atoms with Crippen LogP contribution in [0.3, 0.4) is 0 Å². The number of rotatable bonds is 6. The Hall–Kier alpha value is -2.20. The summed E-state index contributed by atoms with van der Waals surface area (Å²) in [4.78, 5) is 16.4. The number of benzene rings is 1. The van der Waals surface area contributed by atoms with E-state index in [4.69, 9.17) is 4.74 Å². The van der Waals surface area contributed by atoms with Crippen molar-refractivity contribution in [2.45, 2.75) is 6.92 Å². The van der Waals surface area contributed by atoms with Gasteiger partial charge in [-0.2, -0.15) is 0 Å². The van der Waals surface area contributed by atoms with E-state index in [-0.39, 0.29) is 5.91 Å². The van der Waals surface area contributed by atoms with Crippen LogP contribution in [-0.4, -0.2) is 30.6 Å². The summed E-state index contributed by atoms with van der Waals surface area (Å²) in [7, 11) is 0. The summed E-state index contributed by atoms with van der Waals surface area (Å²) in [6, 6.07) is 9.25. The fourth-order valence-electron chi connectivity index (χ4n) is 1.88. The Labute approximate surface area is 118 Å². The minimum absolute atomic E-state index is 0.109. The predicted molar refractivity (Wildman–Crippen MR) is 79.7 cm³/mol. The molecule has 1 N–H and O–H groups in total. The highest BCUT2D eigenvalue weighted by Crippen LogP contribution is 2.15. The lowest BCUT2D eigenvalue weighted by molar-refractivity contribution is 0.0928. The molecule has 20 heavy (non-hydrogen) atoms. The molecule has 1 aromatic heterocycles. The molecular formula is C16H18N2O2. The van der Waals surface area contributed by atoms with E-state index in [0.717, 1.165) is 16.5 Å². The second-order valence-electron chi connectivity index (χ2n) is 4.64. The number of hydrogen-bond acceptors (Lipinski definition) is 3. The standard InChI is InChI=1S/C16H18N2O2/c1-12(2)11-20-10-9-18-16(19)14-5-3-7-15-13(14)6-4-8-17-15/h3-8H,1,9-11H2,2H3,(H,18,19). The smallest absolute Gasteiger partial charge is 0.252 e. The largest absolute Gasteiger partial charge is 0.375 e. The summed E-state index contributed by atoms with van der Waals surface area (Å²) in [6.07, 6.45) is 1.72. The predicted octanol–water partition coefficient (Wildman–Crippen LogP) is 2.56. The number of ether oxygens (including phenoxy) is 1. The van der Waals surface area contributed by atoms with Gasteiger partial charge in [-0.3, -0.25) is 9.78 Å². The van der Waals surface area contributed by atoms with Crippen LogP contribution >= 0.6 is 0 Å². The summed E-state index contributed by atoms with van der Waals surface area (Å²) < 4.78 is 5.34. The van der Waals surface area contributed by atoms with Gasteiger partial charge in [0.25, 0.3) is 5.91 Å². The summed E-state index contributed by atoms with van der Waals surface area (Å²) in [5.74, 6) is -0.109. The first-order valence-corrected chi connectivity index (χ1v) is 6.52. The summed E-state index contributed by atoms with van der Waals surface area (Å²) in [5.41, 5.74) is 2.42. The van der Waals surface area contributed by atoms with E-state index in [0.29, 0.717) is 25.3 Å². The van der Waals surface area contributed by atoms with Gasteiger partial charge in [-0.05, 0) is 25.1 Å². The van der Waals surface area contributed by atoms with Crippen molar-refractivity contribution in [2.75, 3.05) is 19.8 Å². The first-order valence-electron chi connectivity index (χ1n) is 6.52. The molecule has 0 unspecified atom stereocenters. The molecule has 0 atom stereocenters. The maximum atomic E-state index is 12.1. The number of hydrogen-bond donors (Lipinski definition) is 1. The lowest BCUT2D eigenvalue weighted by Gasteiger charge is -2.08. The van der Waals surface area contributed by atoms with Crippen LogP contribution in [0, 0.1) is 0 Å². The molecule has 2 rings (SSSR count). The third kappa shape index (κ3) is 3.65. The quantitative estimate of drug-likeness (QED) is 0.648. The number of nitrogens with one attached hydrogen (secondary N) is 1. The maximum absolute atomic E-state index is 12.1. The zero-order valence-electron chi connectivity index (χ0n) is 11.6. The first kappa shape index (κ1) is 14.2. The molecule has 4 nitrogen and oxygen atoms in total. The van der Waals surface area contributed by atoms with E-state index in [9.17, 15) is 4.79 Å². The normalized spacial score (nSPS) is 10.4. The number of aromatic nitrogens is 1. The van der Waals surface area contributed by atoms with Gasteiger partial charge in [0.15, 0.2) is 0 Å². The Balaban J connectivity index is 1.96. The zero-order chi connectivity index (χ0) is 14.4. The molecule has 1 amide bonds. The Morgan fingerprint density at radius 2 is 2.20 bits per heavy atom. The van der Waals surface area contributed by atoms with Crippen molar-refractivity contribution in [3.63, 3.8) is 0 Å². The van der Waals surface area contributed by atoms with Gasteiger partial charge in [-0.1, -0.05) is 24.3 Å². The van der Waals surface area contributed by atoms with E-state index in [1.165, 1.54) is 0 Å². The zero-order valence-corrected chi connectivity index (χ0v) is 11.6. The molecule has 0 aliphatic rings. The summed E-state index contributed by atoms with van der Waals surface area (Å²) >= 11 is 0. The lowest BCUT2D eigenvalue weighted by atomic mass is 10.1. The van der Waals surface area contributed by atoms with Crippen LogP contribution in [0.4, 0.5) is 0 Å². The van der Waals surface area contributed by atoms with Crippen molar-refractivity contribution in [3.05, 3.63) is 54.2 Å². The van der Waals surface area contributed by atoms with E-state index in [1.807, 2.05) is 31.2 Å². The Morgan fingerprint density at radius 1 is 1.35 bits per heavy atom. The molecule has 1 heterocycles. The molecule has 2 aromatic rings. The van der Waals surface area contributed by atoms with Gasteiger partial charge in [-0.15, -0.1) is 0 Å². The average Bonchev–Trinajstić information content (AvgIpc) is 2.45. The van der Waals surface area contributed by atoms with Crippen molar-refractivity contribution in [1.82, 2.24) is 10.3 Å². The van der Waals surface area contributed by atoms with Gasteiger partial charge in [0.05, 0.1) is 18.7 Å². The minimum atomic E-state index is -0.109. The average molecular weight is 270 g/mol. The molecular weight excluding hydrogens is 252 g/mol. The number of carbonyl (C=O) groups is 1. The molecule has 0 fully saturated rings. The molecule has 0 spiro atoms. The van der Waals surface area contributed by atoms with Crippen molar-refractivity contribution >= 4 is 16.8 Å². The highest BCUT2D eigenvalue weighted by atomic mass is 16.5. The molecule has 1 aromatic carbocycles. The summed E-state index contributed by atoms with van der Waals surface area (Å²) in [5, 5.41) is 3.70. The SMILES string of the molecule is C=C(C)COCCNC(=O)c1cccc2ncccc12. The third-order valence-electron chi connectivity index (χ3n) is 2.77.